The summed E-state index contributed by atoms with van der Waals surface area (Å²) >= 11 is 0. The van der Waals surface area contributed by atoms with Crippen molar-refractivity contribution >= 4 is 17.4 Å². The lowest BCUT2D eigenvalue weighted by Crippen LogP contribution is -2.49. The number of hydrogen-bond acceptors (Lipinski definition) is 5. The van der Waals surface area contributed by atoms with Gasteiger partial charge in [-0.1, -0.05) is 38.3 Å². The molecule has 1 aliphatic heterocycles. The van der Waals surface area contributed by atoms with Crippen molar-refractivity contribution in [2.45, 2.75) is 76.9 Å². The number of aromatic amines is 1. The van der Waals surface area contributed by atoms with Crippen LogP contribution in [0.15, 0.2) is 33.9 Å². The zero-order valence-electron chi connectivity index (χ0n) is 19.8. The molecule has 0 bridgehead atoms. The fourth-order valence-corrected chi connectivity index (χ4v) is 5.35. The van der Waals surface area contributed by atoms with Gasteiger partial charge < -0.3 is 10.6 Å². The smallest absolute Gasteiger partial charge is 0.330 e. The molecule has 0 radical (unpaired) electrons. The van der Waals surface area contributed by atoms with Crippen molar-refractivity contribution < 1.29 is 9.18 Å². The number of nitrogens with one attached hydrogen (secondary N) is 1. The van der Waals surface area contributed by atoms with Crippen LogP contribution >= 0.6 is 0 Å². The zero-order valence-corrected chi connectivity index (χ0v) is 19.8. The molecule has 0 spiro atoms. The van der Waals surface area contributed by atoms with E-state index < -0.39 is 11.2 Å². The van der Waals surface area contributed by atoms with Gasteiger partial charge in [-0.3, -0.25) is 24.0 Å². The molecule has 9 heteroatoms. The highest BCUT2D eigenvalue weighted by Crippen LogP contribution is 2.34. The van der Waals surface area contributed by atoms with Crippen LogP contribution in [-0.4, -0.2) is 39.5 Å². The number of aromatic nitrogens is 2. The predicted octanol–water partition coefficient (Wildman–Crippen LogP) is 3.17. The van der Waals surface area contributed by atoms with Gasteiger partial charge in [0.2, 0.25) is 5.91 Å². The van der Waals surface area contributed by atoms with Crippen molar-refractivity contribution in [2.24, 2.45) is 0 Å². The number of rotatable bonds is 8. The molecule has 2 heterocycles. The van der Waals surface area contributed by atoms with Crippen LogP contribution < -0.4 is 21.9 Å². The van der Waals surface area contributed by atoms with Crippen LogP contribution in [-0.2, 0) is 11.3 Å². The molecule has 184 valence electrons. The Morgan fingerprint density at radius 1 is 1.15 bits per heavy atom. The summed E-state index contributed by atoms with van der Waals surface area (Å²) in [5, 5.41) is 0. The van der Waals surface area contributed by atoms with E-state index in [1.54, 1.807) is 17.0 Å². The largest absolute Gasteiger partial charge is 0.383 e. The molecule has 8 nitrogen and oxygen atoms in total. The molecule has 3 N–H and O–H groups in total. The molecule has 1 aromatic heterocycles. The second kappa shape index (κ2) is 10.5. The summed E-state index contributed by atoms with van der Waals surface area (Å²) in [5.74, 6) is -0.428. The molecule has 1 saturated carbocycles. The van der Waals surface area contributed by atoms with Gasteiger partial charge in [0.25, 0.3) is 5.56 Å². The summed E-state index contributed by atoms with van der Waals surface area (Å²) in [6.45, 7) is 3.27. The minimum Gasteiger partial charge on any atom is -0.383 e. The number of nitrogens with two attached hydrogens (primary N) is 1. The first-order valence-corrected chi connectivity index (χ1v) is 12.3. The normalized spacial score (nSPS) is 19.1. The second-order valence-corrected chi connectivity index (χ2v) is 9.38. The van der Waals surface area contributed by atoms with Crippen molar-refractivity contribution in [1.82, 2.24) is 14.5 Å². The van der Waals surface area contributed by atoms with Gasteiger partial charge in [-0.15, -0.1) is 0 Å². The lowest BCUT2D eigenvalue weighted by Gasteiger charge is -2.33. The number of carbonyl (C=O) groups excluding carboxylic acids is 1. The number of nitrogens with zero attached hydrogens (tertiary/aromatic N) is 3. The number of likely N-dealkylation sites (tertiary alicyclic amines) is 1. The topological polar surface area (TPSA) is 104 Å². The van der Waals surface area contributed by atoms with Gasteiger partial charge in [-0.2, -0.15) is 0 Å². The number of benzene rings is 1. The summed E-state index contributed by atoms with van der Waals surface area (Å²) < 4.78 is 14.8. The van der Waals surface area contributed by atoms with Crippen molar-refractivity contribution in [2.75, 3.05) is 23.7 Å². The molecule has 1 aliphatic carbocycles. The third kappa shape index (κ3) is 4.94. The fourth-order valence-electron chi connectivity index (χ4n) is 5.35. The Hall–Kier alpha value is -2.94. The first-order chi connectivity index (χ1) is 16.4. The van der Waals surface area contributed by atoms with Crippen molar-refractivity contribution in [3.05, 3.63) is 56.5 Å². The Morgan fingerprint density at radius 2 is 1.85 bits per heavy atom. The van der Waals surface area contributed by atoms with Gasteiger partial charge in [0, 0.05) is 18.6 Å². The van der Waals surface area contributed by atoms with Gasteiger partial charge in [-0.05, 0) is 56.3 Å². The highest BCUT2D eigenvalue weighted by molar-refractivity contribution is 5.97. The maximum absolute atomic E-state index is 13.8. The van der Waals surface area contributed by atoms with Crippen molar-refractivity contribution in [1.29, 1.82) is 0 Å². The van der Waals surface area contributed by atoms with E-state index >= 15 is 0 Å². The molecule has 1 aromatic carbocycles. The number of nitrogen functional groups attached to an aromatic ring is 1. The second-order valence-electron chi connectivity index (χ2n) is 9.38. The van der Waals surface area contributed by atoms with Gasteiger partial charge in [0.15, 0.2) is 5.69 Å². The molecule has 2 aliphatic rings. The van der Waals surface area contributed by atoms with Gasteiger partial charge in [-0.25, -0.2) is 9.18 Å². The van der Waals surface area contributed by atoms with Crippen LogP contribution in [0.5, 0.6) is 0 Å². The summed E-state index contributed by atoms with van der Waals surface area (Å²) in [4.78, 5) is 45.2. The van der Waals surface area contributed by atoms with Gasteiger partial charge >= 0.3 is 5.69 Å². The van der Waals surface area contributed by atoms with Gasteiger partial charge in [0.05, 0.1) is 6.54 Å². The van der Waals surface area contributed by atoms with Crippen molar-refractivity contribution in [3.63, 3.8) is 0 Å². The van der Waals surface area contributed by atoms with E-state index in [-0.39, 0.29) is 41.9 Å². The first kappa shape index (κ1) is 24.2. The predicted molar refractivity (Wildman–Crippen MR) is 130 cm³/mol. The fraction of sp³-hybridized carbons (Fsp3) is 0.560. The number of carbonyl (C=O) groups is 1. The molecular weight excluding hydrogens is 437 g/mol. The van der Waals surface area contributed by atoms with Crippen molar-refractivity contribution in [3.8, 4) is 0 Å². The minimum atomic E-state index is -0.619. The lowest BCUT2D eigenvalue weighted by atomic mass is 10.0. The van der Waals surface area contributed by atoms with E-state index in [0.717, 1.165) is 63.5 Å². The van der Waals surface area contributed by atoms with Crippen LogP contribution in [0.25, 0.3) is 0 Å². The Kier molecular flexibility index (Phi) is 7.50. The zero-order chi connectivity index (χ0) is 24.2. The molecule has 1 unspecified atom stereocenters. The molecule has 2 aromatic rings. The average Bonchev–Trinajstić information content (AvgIpc) is 3.49. The standard InChI is InChI=1S/C25H34FN5O3/c1-2-3-15-30-23(27)22(24(33)28-25(30)34)31(19-7-4-5-8-19)21(32)16-29-14-6-9-20(29)17-10-12-18(26)13-11-17/h10-13,19-20H,2-9,14-16,27H2,1H3,(H,28,33,34). The number of halogens is 1. The highest BCUT2D eigenvalue weighted by Gasteiger charge is 2.35. The Bertz CT molecular complexity index is 1120. The van der Waals surface area contributed by atoms with E-state index in [9.17, 15) is 18.8 Å². The molecule has 4 rings (SSSR count). The molecule has 2 fully saturated rings. The Balaban J connectivity index is 1.66. The quantitative estimate of drug-likeness (QED) is 0.615. The number of amides is 1. The summed E-state index contributed by atoms with van der Waals surface area (Å²) in [6.07, 6.45) is 6.95. The molecule has 1 saturated heterocycles. The molecular formula is C25H34FN5O3. The average molecular weight is 472 g/mol. The number of anilines is 2. The maximum Gasteiger partial charge on any atom is 0.330 e. The van der Waals surface area contributed by atoms with Crippen LogP contribution in [0.4, 0.5) is 15.9 Å². The van der Waals surface area contributed by atoms with Gasteiger partial charge in [0.1, 0.15) is 11.6 Å². The Morgan fingerprint density at radius 3 is 2.53 bits per heavy atom. The third-order valence-electron chi connectivity index (χ3n) is 7.11. The van der Waals surface area contributed by atoms with E-state index in [0.29, 0.717) is 6.54 Å². The van der Waals surface area contributed by atoms with E-state index in [2.05, 4.69) is 9.88 Å². The van der Waals surface area contributed by atoms with Crippen LogP contribution in [0.3, 0.4) is 0 Å². The van der Waals surface area contributed by atoms with E-state index in [1.165, 1.54) is 16.7 Å². The molecule has 1 atom stereocenters. The van der Waals surface area contributed by atoms with Crippen LogP contribution in [0, 0.1) is 5.82 Å². The monoisotopic (exact) mass is 471 g/mol. The number of hydrogen-bond donors (Lipinski definition) is 2. The van der Waals surface area contributed by atoms with Crippen LogP contribution in [0.2, 0.25) is 0 Å². The van der Waals surface area contributed by atoms with E-state index in [1.807, 2.05) is 6.92 Å². The maximum atomic E-state index is 13.8. The number of unbranched alkanes of at least 4 members (excludes halogenated alkanes) is 1. The summed E-state index contributed by atoms with van der Waals surface area (Å²) in [7, 11) is 0. The molecule has 1 amide bonds. The highest BCUT2D eigenvalue weighted by atomic mass is 19.1. The lowest BCUT2D eigenvalue weighted by molar-refractivity contribution is -0.120. The first-order valence-electron chi connectivity index (χ1n) is 12.3. The summed E-state index contributed by atoms with van der Waals surface area (Å²) in [5.41, 5.74) is 6.27. The third-order valence-corrected chi connectivity index (χ3v) is 7.11. The van der Waals surface area contributed by atoms with E-state index in [4.69, 9.17) is 5.73 Å². The van der Waals surface area contributed by atoms with Crippen LogP contribution in [0.1, 0.15) is 69.9 Å². The minimum absolute atomic E-state index is 0.0177. The SMILES string of the molecule is CCCCn1c(N)c(N(C(=O)CN2CCCC2c2ccc(F)cc2)C2CCCC2)c(=O)[nH]c1=O. The Labute approximate surface area is 198 Å². The summed E-state index contributed by atoms with van der Waals surface area (Å²) in [6, 6.07) is 6.31. The number of H-pyrrole nitrogens is 1. The molecule has 34 heavy (non-hydrogen) atoms.